The third-order valence-electron chi connectivity index (χ3n) is 2.67. The number of carbonyl (C=O) groups excluding carboxylic acids is 2. The van der Waals surface area contributed by atoms with Crippen LogP contribution >= 0.6 is 0 Å². The molecule has 0 bridgehead atoms. The van der Waals surface area contributed by atoms with Crippen molar-refractivity contribution in [3.8, 4) is 11.5 Å². The van der Waals surface area contributed by atoms with E-state index in [1.165, 1.54) is 7.11 Å². The summed E-state index contributed by atoms with van der Waals surface area (Å²) in [6.07, 6.45) is 0.618. The molecule has 1 unspecified atom stereocenters. The molecule has 0 radical (unpaired) electrons. The Hall–Kier alpha value is -2.24. The Labute approximate surface area is 104 Å². The highest BCUT2D eigenvalue weighted by atomic mass is 16.7. The van der Waals surface area contributed by atoms with Crippen molar-refractivity contribution < 1.29 is 23.8 Å². The predicted molar refractivity (Wildman–Crippen MR) is 61.1 cm³/mol. The first kappa shape index (κ1) is 12.2. The summed E-state index contributed by atoms with van der Waals surface area (Å²) >= 11 is 0. The van der Waals surface area contributed by atoms with Gasteiger partial charge in [0.25, 0.3) is 0 Å². The largest absolute Gasteiger partial charge is 0.469 e. The van der Waals surface area contributed by atoms with E-state index in [0.29, 0.717) is 17.9 Å². The molecule has 6 heteroatoms. The number of hydrogen-bond donors (Lipinski definition) is 1. The van der Waals surface area contributed by atoms with Crippen LogP contribution in [0.4, 0.5) is 0 Å². The van der Waals surface area contributed by atoms with Gasteiger partial charge in [-0.05, 0) is 17.7 Å². The van der Waals surface area contributed by atoms with Crippen LogP contribution in [0.1, 0.15) is 18.0 Å². The number of esters is 1. The number of fused-ring (bicyclic) bond motifs is 1. The maximum absolute atomic E-state index is 11.3. The minimum Gasteiger partial charge on any atom is -0.469 e. The monoisotopic (exact) mass is 251 g/mol. The molecule has 0 aliphatic carbocycles. The fourth-order valence-electron chi connectivity index (χ4n) is 1.74. The minimum atomic E-state index is -0.440. The molecule has 0 spiro atoms. The van der Waals surface area contributed by atoms with E-state index in [1.54, 1.807) is 18.2 Å². The Morgan fingerprint density at radius 1 is 1.50 bits per heavy atom. The Kier molecular flexibility index (Phi) is 3.66. The van der Waals surface area contributed by atoms with Gasteiger partial charge in [-0.25, -0.2) is 0 Å². The summed E-state index contributed by atoms with van der Waals surface area (Å²) in [5.41, 5.74) is 0.761. The molecule has 2 rings (SSSR count). The van der Waals surface area contributed by atoms with Crippen LogP contribution in [0.15, 0.2) is 18.2 Å². The fourth-order valence-corrected chi connectivity index (χ4v) is 1.74. The van der Waals surface area contributed by atoms with Crippen molar-refractivity contribution in [1.29, 1.82) is 0 Å². The second kappa shape index (κ2) is 5.39. The fraction of sp³-hybridized carbons (Fsp3) is 0.333. The predicted octanol–water partition coefficient (Wildman–Crippen LogP) is 0.765. The van der Waals surface area contributed by atoms with Crippen molar-refractivity contribution in [1.82, 2.24) is 5.32 Å². The van der Waals surface area contributed by atoms with Crippen molar-refractivity contribution in [3.05, 3.63) is 23.8 Å². The Balaban J connectivity index is 2.19. The summed E-state index contributed by atoms with van der Waals surface area (Å²) in [7, 11) is 1.31. The number of rotatable bonds is 5. The molecule has 1 N–H and O–H groups in total. The van der Waals surface area contributed by atoms with Gasteiger partial charge in [0, 0.05) is 0 Å². The number of amides is 1. The van der Waals surface area contributed by atoms with E-state index in [9.17, 15) is 9.59 Å². The minimum absolute atomic E-state index is 0.0644. The van der Waals surface area contributed by atoms with Gasteiger partial charge < -0.3 is 19.5 Å². The lowest BCUT2D eigenvalue weighted by atomic mass is 10.0. The maximum Gasteiger partial charge on any atom is 0.307 e. The molecule has 0 aromatic heterocycles. The highest BCUT2D eigenvalue weighted by molar-refractivity contribution is 5.71. The summed E-state index contributed by atoms with van der Waals surface area (Å²) in [6.45, 7) is 0.182. The molecule has 1 aromatic carbocycles. The average Bonchev–Trinajstić information content (AvgIpc) is 2.85. The quantitative estimate of drug-likeness (QED) is 0.618. The van der Waals surface area contributed by atoms with E-state index in [0.717, 1.165) is 5.56 Å². The van der Waals surface area contributed by atoms with Crippen molar-refractivity contribution in [3.63, 3.8) is 0 Å². The van der Waals surface area contributed by atoms with Gasteiger partial charge in [0.05, 0.1) is 19.6 Å². The number of ether oxygens (including phenoxy) is 3. The van der Waals surface area contributed by atoms with Crippen LogP contribution in [-0.2, 0) is 14.3 Å². The van der Waals surface area contributed by atoms with Crippen LogP contribution in [0, 0.1) is 0 Å². The molecule has 1 aliphatic rings. The Bertz CT molecular complexity index is 460. The Morgan fingerprint density at radius 3 is 3.00 bits per heavy atom. The zero-order valence-electron chi connectivity index (χ0n) is 9.84. The SMILES string of the molecule is COC(=O)CC(NC=O)c1ccc2c(c1)OCO2. The number of hydrogen-bond acceptors (Lipinski definition) is 5. The normalized spacial score (nSPS) is 13.8. The molecular formula is C12H13NO5. The third kappa shape index (κ3) is 2.53. The molecule has 1 amide bonds. The highest BCUT2D eigenvalue weighted by Crippen LogP contribution is 2.34. The van der Waals surface area contributed by atoms with Gasteiger partial charge in [0.15, 0.2) is 11.5 Å². The van der Waals surface area contributed by atoms with Gasteiger partial charge >= 0.3 is 5.97 Å². The van der Waals surface area contributed by atoms with E-state index in [-0.39, 0.29) is 13.2 Å². The number of nitrogens with one attached hydrogen (secondary N) is 1. The molecular weight excluding hydrogens is 238 g/mol. The van der Waals surface area contributed by atoms with Gasteiger partial charge in [-0.3, -0.25) is 9.59 Å². The van der Waals surface area contributed by atoms with Gasteiger partial charge in [-0.1, -0.05) is 6.07 Å². The van der Waals surface area contributed by atoms with Crippen LogP contribution in [-0.4, -0.2) is 26.3 Å². The number of methoxy groups -OCH3 is 1. The average molecular weight is 251 g/mol. The van der Waals surface area contributed by atoms with Crippen LogP contribution < -0.4 is 14.8 Å². The molecule has 1 heterocycles. The lowest BCUT2D eigenvalue weighted by Crippen LogP contribution is -2.23. The summed E-state index contributed by atoms with van der Waals surface area (Å²) in [6, 6.07) is 4.82. The van der Waals surface area contributed by atoms with Gasteiger partial charge in [0.2, 0.25) is 13.2 Å². The smallest absolute Gasteiger partial charge is 0.307 e. The molecule has 1 aromatic rings. The zero-order valence-corrected chi connectivity index (χ0v) is 9.84. The lowest BCUT2D eigenvalue weighted by molar-refractivity contribution is -0.141. The second-order valence-corrected chi connectivity index (χ2v) is 3.73. The van der Waals surface area contributed by atoms with Crippen molar-refractivity contribution >= 4 is 12.4 Å². The molecule has 18 heavy (non-hydrogen) atoms. The van der Waals surface area contributed by atoms with E-state index < -0.39 is 12.0 Å². The van der Waals surface area contributed by atoms with Gasteiger partial charge in [0.1, 0.15) is 0 Å². The first-order valence-corrected chi connectivity index (χ1v) is 5.40. The van der Waals surface area contributed by atoms with Crippen molar-refractivity contribution in [2.75, 3.05) is 13.9 Å². The molecule has 96 valence electrons. The number of carbonyl (C=O) groups is 2. The first-order chi connectivity index (χ1) is 8.74. The second-order valence-electron chi connectivity index (χ2n) is 3.73. The van der Waals surface area contributed by atoms with E-state index in [2.05, 4.69) is 10.1 Å². The van der Waals surface area contributed by atoms with Crippen molar-refractivity contribution in [2.45, 2.75) is 12.5 Å². The summed E-state index contributed by atoms with van der Waals surface area (Å²) < 4.78 is 15.0. The van der Waals surface area contributed by atoms with Gasteiger partial charge in [-0.15, -0.1) is 0 Å². The van der Waals surface area contributed by atoms with Crippen LogP contribution in [0.2, 0.25) is 0 Å². The lowest BCUT2D eigenvalue weighted by Gasteiger charge is -2.15. The van der Waals surface area contributed by atoms with Gasteiger partial charge in [-0.2, -0.15) is 0 Å². The first-order valence-electron chi connectivity index (χ1n) is 5.40. The molecule has 1 atom stereocenters. The van der Waals surface area contributed by atoms with E-state index in [4.69, 9.17) is 9.47 Å². The molecule has 6 nitrogen and oxygen atoms in total. The molecule has 0 fully saturated rings. The highest BCUT2D eigenvalue weighted by Gasteiger charge is 2.20. The topological polar surface area (TPSA) is 73.9 Å². The Morgan fingerprint density at radius 2 is 2.28 bits per heavy atom. The van der Waals surface area contributed by atoms with Crippen LogP contribution in [0.5, 0.6) is 11.5 Å². The molecule has 1 aliphatic heterocycles. The third-order valence-corrected chi connectivity index (χ3v) is 2.67. The number of benzene rings is 1. The summed E-state index contributed by atoms with van der Waals surface area (Å²) in [5.74, 6) is 0.865. The molecule has 0 saturated carbocycles. The van der Waals surface area contributed by atoms with E-state index >= 15 is 0 Å². The van der Waals surface area contributed by atoms with Crippen LogP contribution in [0.25, 0.3) is 0 Å². The van der Waals surface area contributed by atoms with Crippen molar-refractivity contribution in [2.24, 2.45) is 0 Å². The maximum atomic E-state index is 11.3. The molecule has 0 saturated heterocycles. The standard InChI is InChI=1S/C12H13NO5/c1-16-12(15)5-9(13-6-14)8-2-3-10-11(4-8)18-7-17-10/h2-4,6,9H,5,7H2,1H3,(H,13,14). The zero-order chi connectivity index (χ0) is 13.0. The summed E-state index contributed by atoms with van der Waals surface area (Å²) in [4.78, 5) is 21.8. The summed E-state index contributed by atoms with van der Waals surface area (Å²) in [5, 5.41) is 2.58. The van der Waals surface area contributed by atoms with Crippen LogP contribution in [0.3, 0.4) is 0 Å². The van der Waals surface area contributed by atoms with E-state index in [1.807, 2.05) is 0 Å².